The summed E-state index contributed by atoms with van der Waals surface area (Å²) in [5.41, 5.74) is 4.17. The van der Waals surface area contributed by atoms with Crippen molar-refractivity contribution in [2.75, 3.05) is 7.11 Å². The van der Waals surface area contributed by atoms with Crippen LogP contribution in [0, 0.1) is 5.92 Å². The molecule has 1 atom stereocenters. The Labute approximate surface area is 153 Å². The lowest BCUT2D eigenvalue weighted by molar-refractivity contribution is -0.141. The Hall–Kier alpha value is -2.82. The molecular weight excluding hydrogens is 328 g/mol. The molecule has 0 amide bonds. The molecule has 1 N–H and O–H groups in total. The lowest BCUT2D eigenvalue weighted by Gasteiger charge is -2.10. The molecule has 3 rings (SSSR count). The molecule has 0 saturated heterocycles. The van der Waals surface area contributed by atoms with Crippen LogP contribution >= 0.6 is 0 Å². The lowest BCUT2D eigenvalue weighted by Crippen LogP contribution is -2.10. The number of hydrogen-bond donors (Lipinski definition) is 1. The molecular formula is C21H24N2O3. The van der Waals surface area contributed by atoms with Crippen LogP contribution in [0.2, 0.25) is 0 Å². The molecule has 1 unspecified atom stereocenters. The van der Waals surface area contributed by atoms with E-state index in [1.807, 2.05) is 18.2 Å². The minimum absolute atomic E-state index is 0.325. The standard InChI is InChI=1S/C21H24N2O3/c1-4-20-22-18-13-17(26-3)11-12-19(18)23(20)16-9-7-15(8-10-16)6-5-14(2)21(24)25/h7-14H,4-6H2,1-3H3,(H,24,25). The van der Waals surface area contributed by atoms with Gasteiger partial charge in [-0.3, -0.25) is 9.36 Å². The summed E-state index contributed by atoms with van der Waals surface area (Å²) in [5.74, 6) is 0.733. The molecule has 5 nitrogen and oxygen atoms in total. The lowest BCUT2D eigenvalue weighted by atomic mass is 10.0. The van der Waals surface area contributed by atoms with Crippen LogP contribution in [0.25, 0.3) is 16.7 Å². The van der Waals surface area contributed by atoms with Crippen molar-refractivity contribution in [2.45, 2.75) is 33.1 Å². The number of ether oxygens (including phenoxy) is 1. The van der Waals surface area contributed by atoms with E-state index >= 15 is 0 Å². The van der Waals surface area contributed by atoms with Gasteiger partial charge in [0.05, 0.1) is 24.1 Å². The highest BCUT2D eigenvalue weighted by Gasteiger charge is 2.13. The molecule has 3 aromatic rings. The summed E-state index contributed by atoms with van der Waals surface area (Å²) < 4.78 is 7.46. The Kier molecular flexibility index (Phi) is 5.26. The number of aryl methyl sites for hydroxylation is 2. The molecule has 136 valence electrons. The quantitative estimate of drug-likeness (QED) is 0.690. The van der Waals surface area contributed by atoms with Gasteiger partial charge in [0.1, 0.15) is 11.6 Å². The Bertz CT molecular complexity index is 913. The first-order valence-electron chi connectivity index (χ1n) is 8.91. The molecule has 0 bridgehead atoms. The average Bonchev–Trinajstić information content (AvgIpc) is 3.03. The van der Waals surface area contributed by atoms with Crippen LogP contribution in [0.1, 0.15) is 31.7 Å². The van der Waals surface area contributed by atoms with Crippen molar-refractivity contribution in [2.24, 2.45) is 5.92 Å². The van der Waals surface area contributed by atoms with Gasteiger partial charge in [0, 0.05) is 18.2 Å². The molecule has 0 aliphatic rings. The SMILES string of the molecule is CCc1nc2cc(OC)ccc2n1-c1ccc(CCC(C)C(=O)O)cc1. The third-order valence-electron chi connectivity index (χ3n) is 4.73. The maximum Gasteiger partial charge on any atom is 0.306 e. The second kappa shape index (κ2) is 7.60. The van der Waals surface area contributed by atoms with Crippen molar-refractivity contribution >= 4 is 17.0 Å². The van der Waals surface area contributed by atoms with Crippen molar-refractivity contribution in [3.05, 3.63) is 53.9 Å². The molecule has 2 aromatic carbocycles. The topological polar surface area (TPSA) is 64.4 Å². The number of aromatic nitrogens is 2. The van der Waals surface area contributed by atoms with Crippen LogP contribution in [-0.2, 0) is 17.6 Å². The average molecular weight is 352 g/mol. The maximum absolute atomic E-state index is 11.0. The number of imidazole rings is 1. The highest BCUT2D eigenvalue weighted by molar-refractivity contribution is 5.80. The third kappa shape index (κ3) is 3.57. The normalized spacial score (nSPS) is 12.3. The van der Waals surface area contributed by atoms with Gasteiger partial charge in [0.15, 0.2) is 0 Å². The number of carboxylic acids is 1. The monoisotopic (exact) mass is 352 g/mol. The molecule has 0 fully saturated rings. The highest BCUT2D eigenvalue weighted by atomic mass is 16.5. The summed E-state index contributed by atoms with van der Waals surface area (Å²) in [6.45, 7) is 3.84. The number of aliphatic carboxylic acids is 1. The van der Waals surface area contributed by atoms with Gasteiger partial charge in [0.25, 0.3) is 0 Å². The summed E-state index contributed by atoms with van der Waals surface area (Å²) in [7, 11) is 1.66. The fraction of sp³-hybridized carbons (Fsp3) is 0.333. The molecule has 1 aromatic heterocycles. The Morgan fingerprint density at radius 1 is 1.23 bits per heavy atom. The molecule has 0 saturated carbocycles. The van der Waals surface area contributed by atoms with Crippen LogP contribution in [0.3, 0.4) is 0 Å². The number of nitrogens with zero attached hydrogens (tertiary/aromatic N) is 2. The van der Waals surface area contributed by atoms with E-state index in [4.69, 9.17) is 14.8 Å². The molecule has 5 heteroatoms. The molecule has 26 heavy (non-hydrogen) atoms. The fourth-order valence-corrected chi connectivity index (χ4v) is 3.08. The zero-order chi connectivity index (χ0) is 18.7. The largest absolute Gasteiger partial charge is 0.497 e. The fourth-order valence-electron chi connectivity index (χ4n) is 3.08. The van der Waals surface area contributed by atoms with E-state index in [-0.39, 0.29) is 5.92 Å². The Morgan fingerprint density at radius 3 is 2.58 bits per heavy atom. The number of benzene rings is 2. The first-order chi connectivity index (χ1) is 12.5. The minimum atomic E-state index is -0.741. The van der Waals surface area contributed by atoms with E-state index in [1.165, 1.54) is 0 Å². The third-order valence-corrected chi connectivity index (χ3v) is 4.73. The molecule has 0 radical (unpaired) electrons. The minimum Gasteiger partial charge on any atom is -0.497 e. The van der Waals surface area contributed by atoms with Gasteiger partial charge >= 0.3 is 5.97 Å². The number of carbonyl (C=O) groups is 1. The van der Waals surface area contributed by atoms with Crippen LogP contribution in [-0.4, -0.2) is 27.7 Å². The van der Waals surface area contributed by atoms with Crippen LogP contribution in [0.4, 0.5) is 0 Å². The molecule has 0 aliphatic carbocycles. The molecule has 0 aliphatic heterocycles. The van der Waals surface area contributed by atoms with E-state index in [1.54, 1.807) is 14.0 Å². The smallest absolute Gasteiger partial charge is 0.306 e. The van der Waals surface area contributed by atoms with Crippen molar-refractivity contribution in [1.82, 2.24) is 9.55 Å². The van der Waals surface area contributed by atoms with Gasteiger partial charge in [-0.05, 0) is 42.7 Å². The first kappa shape index (κ1) is 18.0. The first-order valence-corrected chi connectivity index (χ1v) is 8.91. The van der Waals surface area contributed by atoms with Gasteiger partial charge in [0.2, 0.25) is 0 Å². The van der Waals surface area contributed by atoms with Crippen LogP contribution in [0.15, 0.2) is 42.5 Å². The van der Waals surface area contributed by atoms with Crippen molar-refractivity contribution in [1.29, 1.82) is 0 Å². The predicted octanol–water partition coefficient (Wildman–Crippen LogP) is 4.25. The van der Waals surface area contributed by atoms with Gasteiger partial charge in [-0.25, -0.2) is 4.98 Å². The zero-order valence-corrected chi connectivity index (χ0v) is 15.4. The predicted molar refractivity (Wildman–Crippen MR) is 102 cm³/mol. The summed E-state index contributed by atoms with van der Waals surface area (Å²) in [4.78, 5) is 15.7. The summed E-state index contributed by atoms with van der Waals surface area (Å²) in [6.07, 6.45) is 2.23. The zero-order valence-electron chi connectivity index (χ0n) is 15.4. The molecule has 0 spiro atoms. The van der Waals surface area contributed by atoms with Gasteiger partial charge in [-0.1, -0.05) is 26.0 Å². The van der Waals surface area contributed by atoms with E-state index in [0.717, 1.165) is 46.7 Å². The summed E-state index contributed by atoms with van der Waals surface area (Å²) >= 11 is 0. The van der Waals surface area contributed by atoms with E-state index in [0.29, 0.717) is 6.42 Å². The van der Waals surface area contributed by atoms with Crippen molar-refractivity contribution in [3.63, 3.8) is 0 Å². The van der Waals surface area contributed by atoms with Crippen LogP contribution < -0.4 is 4.74 Å². The number of fused-ring (bicyclic) bond motifs is 1. The number of rotatable bonds is 7. The maximum atomic E-state index is 11.0. The van der Waals surface area contributed by atoms with Crippen molar-refractivity contribution < 1.29 is 14.6 Å². The summed E-state index contributed by atoms with van der Waals surface area (Å²) in [6, 6.07) is 14.2. The van der Waals surface area contributed by atoms with Crippen molar-refractivity contribution in [3.8, 4) is 11.4 Å². The van der Waals surface area contributed by atoms with E-state index in [2.05, 4.69) is 35.8 Å². The second-order valence-corrected chi connectivity index (χ2v) is 6.52. The van der Waals surface area contributed by atoms with Gasteiger partial charge in [-0.15, -0.1) is 0 Å². The number of methoxy groups -OCH3 is 1. The molecule has 1 heterocycles. The van der Waals surface area contributed by atoms with Gasteiger partial charge < -0.3 is 9.84 Å². The second-order valence-electron chi connectivity index (χ2n) is 6.52. The van der Waals surface area contributed by atoms with Crippen LogP contribution in [0.5, 0.6) is 5.75 Å². The number of hydrogen-bond acceptors (Lipinski definition) is 3. The number of carboxylic acid groups (broad SMARTS) is 1. The Morgan fingerprint density at radius 2 is 1.96 bits per heavy atom. The van der Waals surface area contributed by atoms with Gasteiger partial charge in [-0.2, -0.15) is 0 Å². The van der Waals surface area contributed by atoms with E-state index < -0.39 is 5.97 Å². The highest BCUT2D eigenvalue weighted by Crippen LogP contribution is 2.26. The summed E-state index contributed by atoms with van der Waals surface area (Å²) in [5, 5.41) is 9.01. The Balaban J connectivity index is 1.90. The van der Waals surface area contributed by atoms with E-state index in [9.17, 15) is 4.79 Å².